The third-order valence-corrected chi connectivity index (χ3v) is 6.35. The Kier molecular flexibility index (Phi) is 6.80. The maximum Gasteiger partial charge on any atom is 0.277 e. The number of rotatable bonds is 6. The molecule has 0 fully saturated rings. The fraction of sp³-hybridized carbons (Fsp3) is 0.107. The molecule has 0 spiro atoms. The molecule has 7 heteroatoms. The SMILES string of the molecule is O=C(c1cccnc1Cl)N1N=C(c2ccc(Cl)cc2)CC1c1ccc(OCc2ccccc2)cc1. The Morgan fingerprint density at radius 2 is 1.66 bits per heavy atom. The lowest BCUT2D eigenvalue weighted by Crippen LogP contribution is -2.27. The number of hydrogen-bond acceptors (Lipinski definition) is 4. The van der Waals surface area contributed by atoms with Crippen LogP contribution < -0.4 is 4.74 Å². The molecule has 1 amide bonds. The van der Waals surface area contributed by atoms with Gasteiger partial charge in [-0.05, 0) is 53.1 Å². The molecule has 0 saturated heterocycles. The molecule has 5 nitrogen and oxygen atoms in total. The van der Waals surface area contributed by atoms with Crippen molar-refractivity contribution in [2.24, 2.45) is 5.10 Å². The number of pyridine rings is 1. The molecule has 0 N–H and O–H groups in total. The van der Waals surface area contributed by atoms with Crippen molar-refractivity contribution in [1.82, 2.24) is 9.99 Å². The highest BCUT2D eigenvalue weighted by atomic mass is 35.5. The smallest absolute Gasteiger partial charge is 0.277 e. The Hall–Kier alpha value is -3.67. The van der Waals surface area contributed by atoms with Crippen molar-refractivity contribution < 1.29 is 9.53 Å². The van der Waals surface area contributed by atoms with Gasteiger partial charge in [-0.3, -0.25) is 4.79 Å². The minimum absolute atomic E-state index is 0.149. The van der Waals surface area contributed by atoms with Gasteiger partial charge in [-0.2, -0.15) is 5.10 Å². The van der Waals surface area contributed by atoms with E-state index in [-0.39, 0.29) is 17.1 Å². The minimum atomic E-state index is -0.304. The van der Waals surface area contributed by atoms with Gasteiger partial charge >= 0.3 is 0 Å². The number of aromatic nitrogens is 1. The molecule has 0 aliphatic carbocycles. The fourth-order valence-corrected chi connectivity index (χ4v) is 4.30. The highest BCUT2D eigenvalue weighted by molar-refractivity contribution is 6.32. The lowest BCUT2D eigenvalue weighted by Gasteiger charge is -2.22. The molecule has 35 heavy (non-hydrogen) atoms. The molecular weight excluding hydrogens is 481 g/mol. The molecule has 4 aromatic rings. The van der Waals surface area contributed by atoms with E-state index in [0.29, 0.717) is 23.6 Å². The van der Waals surface area contributed by atoms with Crippen LogP contribution >= 0.6 is 23.2 Å². The van der Waals surface area contributed by atoms with Gasteiger partial charge in [0.2, 0.25) is 0 Å². The normalized spacial score (nSPS) is 15.1. The summed E-state index contributed by atoms with van der Waals surface area (Å²) in [6.07, 6.45) is 2.10. The first kappa shape index (κ1) is 23.1. The number of carbonyl (C=O) groups excluding carboxylic acids is 1. The van der Waals surface area contributed by atoms with Crippen molar-refractivity contribution in [2.45, 2.75) is 19.1 Å². The molecule has 0 radical (unpaired) electrons. The van der Waals surface area contributed by atoms with E-state index in [4.69, 9.17) is 33.0 Å². The Morgan fingerprint density at radius 3 is 2.37 bits per heavy atom. The monoisotopic (exact) mass is 501 g/mol. The van der Waals surface area contributed by atoms with Crippen LogP contribution in [0, 0.1) is 0 Å². The van der Waals surface area contributed by atoms with Crippen LogP contribution in [0.1, 0.15) is 39.5 Å². The van der Waals surface area contributed by atoms with Crippen molar-refractivity contribution in [2.75, 3.05) is 0 Å². The molecule has 1 atom stereocenters. The molecule has 174 valence electrons. The van der Waals surface area contributed by atoms with E-state index in [9.17, 15) is 4.79 Å². The largest absolute Gasteiger partial charge is 0.489 e. The van der Waals surface area contributed by atoms with Gasteiger partial charge in [0.15, 0.2) is 0 Å². The van der Waals surface area contributed by atoms with Gasteiger partial charge in [-0.25, -0.2) is 9.99 Å². The molecule has 0 saturated carbocycles. The molecule has 1 aromatic heterocycles. The second-order valence-corrected chi connectivity index (χ2v) is 8.90. The second kappa shape index (κ2) is 10.3. The van der Waals surface area contributed by atoms with Gasteiger partial charge in [0.05, 0.1) is 17.3 Å². The van der Waals surface area contributed by atoms with E-state index < -0.39 is 0 Å². The summed E-state index contributed by atoms with van der Waals surface area (Å²) in [5.41, 5.74) is 4.05. The third-order valence-electron chi connectivity index (χ3n) is 5.80. The quantitative estimate of drug-likeness (QED) is 0.268. The lowest BCUT2D eigenvalue weighted by molar-refractivity contribution is 0.0711. The number of benzene rings is 3. The van der Waals surface area contributed by atoms with Gasteiger partial charge in [0, 0.05) is 17.6 Å². The van der Waals surface area contributed by atoms with Gasteiger partial charge in [-0.1, -0.05) is 77.8 Å². The van der Waals surface area contributed by atoms with Crippen LogP contribution in [0.25, 0.3) is 0 Å². The number of ether oxygens (including phenoxy) is 1. The predicted octanol–water partition coefficient (Wildman–Crippen LogP) is 6.96. The number of halogens is 2. The number of amides is 1. The molecule has 2 heterocycles. The number of hydrogen-bond donors (Lipinski definition) is 0. The molecule has 1 aliphatic rings. The number of nitrogens with zero attached hydrogens (tertiary/aromatic N) is 3. The highest BCUT2D eigenvalue weighted by Crippen LogP contribution is 2.35. The van der Waals surface area contributed by atoms with Crippen molar-refractivity contribution >= 4 is 34.8 Å². The molecule has 5 rings (SSSR count). The van der Waals surface area contributed by atoms with Crippen LogP contribution in [0.3, 0.4) is 0 Å². The molecule has 0 bridgehead atoms. The van der Waals surface area contributed by atoms with E-state index in [0.717, 1.165) is 28.2 Å². The summed E-state index contributed by atoms with van der Waals surface area (Å²) < 4.78 is 5.92. The first-order valence-corrected chi connectivity index (χ1v) is 11.9. The van der Waals surface area contributed by atoms with Crippen LogP contribution in [0.4, 0.5) is 0 Å². The van der Waals surface area contributed by atoms with Gasteiger partial charge in [0.1, 0.15) is 17.5 Å². The van der Waals surface area contributed by atoms with Crippen LogP contribution in [0.15, 0.2) is 102 Å². The maximum atomic E-state index is 13.5. The van der Waals surface area contributed by atoms with Gasteiger partial charge < -0.3 is 4.74 Å². The average molecular weight is 502 g/mol. The molecule has 3 aromatic carbocycles. The molecule has 1 aliphatic heterocycles. The van der Waals surface area contributed by atoms with Crippen LogP contribution in [0.2, 0.25) is 10.2 Å². The van der Waals surface area contributed by atoms with E-state index in [1.165, 1.54) is 5.01 Å². The summed E-state index contributed by atoms with van der Waals surface area (Å²) in [5, 5.41) is 6.99. The number of hydrazone groups is 1. The summed E-state index contributed by atoms with van der Waals surface area (Å²) in [7, 11) is 0. The summed E-state index contributed by atoms with van der Waals surface area (Å²) in [6, 6.07) is 28.3. The fourth-order valence-electron chi connectivity index (χ4n) is 3.97. The Labute approximate surface area is 213 Å². The zero-order chi connectivity index (χ0) is 24.2. The summed E-state index contributed by atoms with van der Waals surface area (Å²) in [6.45, 7) is 0.484. The lowest BCUT2D eigenvalue weighted by atomic mass is 9.98. The van der Waals surface area contributed by atoms with E-state index in [1.54, 1.807) is 18.3 Å². The van der Waals surface area contributed by atoms with Crippen molar-refractivity contribution in [3.63, 3.8) is 0 Å². The summed E-state index contributed by atoms with van der Waals surface area (Å²) >= 11 is 12.3. The van der Waals surface area contributed by atoms with Crippen molar-refractivity contribution in [3.8, 4) is 5.75 Å². The molecule has 1 unspecified atom stereocenters. The van der Waals surface area contributed by atoms with E-state index >= 15 is 0 Å². The molecular formula is C28H21Cl2N3O2. The third kappa shape index (κ3) is 5.21. The van der Waals surface area contributed by atoms with E-state index in [1.807, 2.05) is 78.9 Å². The zero-order valence-corrected chi connectivity index (χ0v) is 20.2. The standard InChI is InChI=1S/C28H21Cl2N3O2/c29-22-12-8-20(9-13-22)25-17-26(33(32-25)28(34)24-7-4-16-31-27(24)30)21-10-14-23(15-11-21)35-18-19-5-2-1-3-6-19/h1-16,26H,17-18H2. The Balaban J connectivity index is 1.41. The van der Waals surface area contributed by atoms with Crippen molar-refractivity contribution in [1.29, 1.82) is 0 Å². The van der Waals surface area contributed by atoms with Gasteiger partial charge in [0.25, 0.3) is 5.91 Å². The first-order valence-electron chi connectivity index (χ1n) is 11.1. The van der Waals surface area contributed by atoms with Crippen molar-refractivity contribution in [3.05, 3.63) is 130 Å². The maximum absolute atomic E-state index is 13.5. The van der Waals surface area contributed by atoms with Crippen LogP contribution in [-0.4, -0.2) is 21.6 Å². The average Bonchev–Trinajstić information content (AvgIpc) is 3.34. The predicted molar refractivity (Wildman–Crippen MR) is 138 cm³/mol. The summed E-state index contributed by atoms with van der Waals surface area (Å²) in [4.78, 5) is 17.5. The van der Waals surface area contributed by atoms with Crippen LogP contribution in [0.5, 0.6) is 5.75 Å². The van der Waals surface area contributed by atoms with Gasteiger partial charge in [-0.15, -0.1) is 0 Å². The second-order valence-electron chi connectivity index (χ2n) is 8.11. The Bertz CT molecular complexity index is 1360. The Morgan fingerprint density at radius 1 is 0.914 bits per heavy atom. The summed E-state index contributed by atoms with van der Waals surface area (Å²) in [5.74, 6) is 0.448. The number of carbonyl (C=O) groups is 1. The minimum Gasteiger partial charge on any atom is -0.489 e. The van der Waals surface area contributed by atoms with Crippen LogP contribution in [-0.2, 0) is 6.61 Å². The zero-order valence-electron chi connectivity index (χ0n) is 18.6. The van der Waals surface area contributed by atoms with E-state index in [2.05, 4.69) is 4.98 Å². The highest BCUT2D eigenvalue weighted by Gasteiger charge is 2.34. The first-order chi connectivity index (χ1) is 17.1. The topological polar surface area (TPSA) is 54.8 Å².